The first-order chi connectivity index (χ1) is 9.29. The Labute approximate surface area is 111 Å². The fraction of sp³-hybridized carbons (Fsp3) is 0.125. The molecule has 0 fully saturated rings. The number of aliphatic imine (C=N–C) groups is 1. The van der Waals surface area contributed by atoms with Gasteiger partial charge >= 0.3 is 0 Å². The van der Waals surface area contributed by atoms with Crippen LogP contribution in [0.15, 0.2) is 53.5 Å². The largest absolute Gasteiger partial charge is 0.494 e. The van der Waals surface area contributed by atoms with E-state index in [1.54, 1.807) is 0 Å². The minimum absolute atomic E-state index is 0.0141. The van der Waals surface area contributed by atoms with Crippen LogP contribution in [0.1, 0.15) is 22.8 Å². The van der Waals surface area contributed by atoms with Crippen LogP contribution < -0.4 is 4.74 Å². The van der Waals surface area contributed by atoms with Crippen LogP contribution in [0.3, 0.4) is 0 Å². The molecule has 0 unspecified atom stereocenters. The second-order valence-corrected chi connectivity index (χ2v) is 4.26. The minimum Gasteiger partial charge on any atom is -0.494 e. The number of para-hydroxylation sites is 1. The Hall–Kier alpha value is -2.42. The molecule has 1 aliphatic rings. The number of rotatable bonds is 3. The highest BCUT2D eigenvalue weighted by Gasteiger charge is 2.24. The van der Waals surface area contributed by atoms with E-state index in [0.29, 0.717) is 17.9 Å². The number of carbonyl (C=O) groups excluding carboxylic acids is 1. The molecule has 0 radical (unpaired) electrons. The lowest BCUT2D eigenvalue weighted by Crippen LogP contribution is -2.10. The summed E-state index contributed by atoms with van der Waals surface area (Å²) in [5.74, 6) is 0.787. The van der Waals surface area contributed by atoms with Gasteiger partial charge in [-0.3, -0.25) is 4.79 Å². The van der Waals surface area contributed by atoms with Crippen molar-refractivity contribution in [3.05, 3.63) is 59.7 Å². The number of ketones is 1. The van der Waals surface area contributed by atoms with E-state index in [-0.39, 0.29) is 5.78 Å². The number of Topliss-reactive ketones (excluding diaryl/α,β-unsaturated/α-hetero) is 1. The number of hydrogen-bond donors (Lipinski definition) is 0. The number of hydrogen-bond acceptors (Lipinski definition) is 3. The van der Waals surface area contributed by atoms with Gasteiger partial charge < -0.3 is 4.74 Å². The van der Waals surface area contributed by atoms with Crippen LogP contribution in [0.4, 0.5) is 5.69 Å². The highest BCUT2D eigenvalue weighted by atomic mass is 16.5. The van der Waals surface area contributed by atoms with Crippen LogP contribution in [0.2, 0.25) is 0 Å². The van der Waals surface area contributed by atoms with E-state index in [2.05, 4.69) is 4.99 Å². The summed E-state index contributed by atoms with van der Waals surface area (Å²) in [4.78, 5) is 16.7. The fourth-order valence-corrected chi connectivity index (χ4v) is 2.13. The average molecular weight is 251 g/mol. The van der Waals surface area contributed by atoms with Crippen LogP contribution in [0.25, 0.3) is 0 Å². The number of nitrogens with zero attached hydrogens (tertiary/aromatic N) is 1. The van der Waals surface area contributed by atoms with Gasteiger partial charge in [-0.2, -0.15) is 0 Å². The summed E-state index contributed by atoms with van der Waals surface area (Å²) in [5.41, 5.74) is 2.75. The Kier molecular flexibility index (Phi) is 2.88. The summed E-state index contributed by atoms with van der Waals surface area (Å²) in [7, 11) is 0. The molecule has 0 saturated carbocycles. The Balaban J connectivity index is 1.94. The molecule has 0 N–H and O–H groups in total. The van der Waals surface area contributed by atoms with Gasteiger partial charge in [0.25, 0.3) is 0 Å². The van der Waals surface area contributed by atoms with E-state index in [1.165, 1.54) is 0 Å². The van der Waals surface area contributed by atoms with Gasteiger partial charge in [0.2, 0.25) is 5.78 Å². The van der Waals surface area contributed by atoms with Gasteiger partial charge in [0.05, 0.1) is 12.3 Å². The zero-order valence-electron chi connectivity index (χ0n) is 10.6. The predicted octanol–water partition coefficient (Wildman–Crippen LogP) is 3.40. The summed E-state index contributed by atoms with van der Waals surface area (Å²) in [6.45, 7) is 2.57. The Morgan fingerprint density at radius 1 is 1.05 bits per heavy atom. The molecule has 2 aromatic carbocycles. The molecule has 3 heteroatoms. The van der Waals surface area contributed by atoms with E-state index < -0.39 is 0 Å². The van der Waals surface area contributed by atoms with Crippen LogP contribution in [-0.2, 0) is 0 Å². The molecule has 0 spiro atoms. The summed E-state index contributed by atoms with van der Waals surface area (Å²) in [5, 5.41) is 0. The molecule has 1 aliphatic heterocycles. The number of carbonyl (C=O) groups is 1. The predicted molar refractivity (Wildman–Crippen MR) is 74.6 cm³/mol. The second-order valence-electron chi connectivity index (χ2n) is 4.26. The maximum absolute atomic E-state index is 12.2. The van der Waals surface area contributed by atoms with Crippen molar-refractivity contribution < 1.29 is 9.53 Å². The first-order valence-corrected chi connectivity index (χ1v) is 6.25. The molecule has 2 aromatic rings. The molecule has 0 aromatic heterocycles. The molecule has 94 valence electrons. The van der Waals surface area contributed by atoms with Crippen molar-refractivity contribution in [1.82, 2.24) is 0 Å². The highest BCUT2D eigenvalue weighted by Crippen LogP contribution is 2.28. The monoisotopic (exact) mass is 251 g/mol. The maximum atomic E-state index is 12.2. The quantitative estimate of drug-likeness (QED) is 0.838. The Morgan fingerprint density at radius 3 is 2.47 bits per heavy atom. The van der Waals surface area contributed by atoms with Crippen molar-refractivity contribution in [2.75, 3.05) is 6.61 Å². The standard InChI is InChI=1S/C16H13NO2/c1-2-19-12-9-7-11(8-10-12)15-16(18)13-5-3-4-6-14(13)17-15/h3-10H,2H2,1H3. The smallest absolute Gasteiger partial charge is 0.214 e. The molecule has 0 atom stereocenters. The van der Waals surface area contributed by atoms with Crippen molar-refractivity contribution in [2.24, 2.45) is 4.99 Å². The van der Waals surface area contributed by atoms with Crippen LogP contribution in [-0.4, -0.2) is 18.1 Å². The molecule has 0 saturated heterocycles. The highest BCUT2D eigenvalue weighted by molar-refractivity contribution is 6.54. The van der Waals surface area contributed by atoms with Crippen molar-refractivity contribution in [1.29, 1.82) is 0 Å². The van der Waals surface area contributed by atoms with Crippen molar-refractivity contribution in [2.45, 2.75) is 6.92 Å². The van der Waals surface area contributed by atoms with Crippen molar-refractivity contribution in [3.8, 4) is 5.75 Å². The van der Waals surface area contributed by atoms with Gasteiger partial charge in [0.15, 0.2) is 0 Å². The Bertz CT molecular complexity index is 657. The van der Waals surface area contributed by atoms with Crippen LogP contribution in [0, 0.1) is 0 Å². The SMILES string of the molecule is CCOc1ccc(C2=Nc3ccccc3C2=O)cc1. The molecule has 3 nitrogen and oxygen atoms in total. The lowest BCUT2D eigenvalue weighted by atomic mass is 10.0. The third-order valence-electron chi connectivity index (χ3n) is 3.03. The zero-order chi connectivity index (χ0) is 13.2. The number of benzene rings is 2. The minimum atomic E-state index is -0.0141. The molecular weight excluding hydrogens is 238 g/mol. The summed E-state index contributed by atoms with van der Waals surface area (Å²) in [6.07, 6.45) is 0. The maximum Gasteiger partial charge on any atom is 0.214 e. The van der Waals surface area contributed by atoms with Gasteiger partial charge in [0, 0.05) is 11.1 Å². The first kappa shape index (κ1) is 11.7. The number of fused-ring (bicyclic) bond motifs is 1. The second kappa shape index (κ2) is 4.69. The molecule has 19 heavy (non-hydrogen) atoms. The topological polar surface area (TPSA) is 38.7 Å². The van der Waals surface area contributed by atoms with Crippen LogP contribution >= 0.6 is 0 Å². The van der Waals surface area contributed by atoms with E-state index in [9.17, 15) is 4.79 Å². The third-order valence-corrected chi connectivity index (χ3v) is 3.03. The van der Waals surface area contributed by atoms with Gasteiger partial charge in [0.1, 0.15) is 11.5 Å². The van der Waals surface area contributed by atoms with Gasteiger partial charge in [-0.1, -0.05) is 12.1 Å². The molecular formula is C16H13NO2. The first-order valence-electron chi connectivity index (χ1n) is 6.25. The Morgan fingerprint density at radius 2 is 1.79 bits per heavy atom. The van der Waals surface area contributed by atoms with E-state index >= 15 is 0 Å². The summed E-state index contributed by atoms with van der Waals surface area (Å²) < 4.78 is 5.39. The molecule has 1 heterocycles. The van der Waals surface area contributed by atoms with Gasteiger partial charge in [-0.05, 0) is 43.3 Å². The average Bonchev–Trinajstić information content (AvgIpc) is 2.78. The normalized spacial score (nSPS) is 13.1. The molecule has 0 amide bonds. The lowest BCUT2D eigenvalue weighted by molar-refractivity contribution is 0.107. The van der Waals surface area contributed by atoms with E-state index in [0.717, 1.165) is 17.0 Å². The van der Waals surface area contributed by atoms with Gasteiger partial charge in [-0.15, -0.1) is 0 Å². The van der Waals surface area contributed by atoms with E-state index in [4.69, 9.17) is 4.74 Å². The van der Waals surface area contributed by atoms with Gasteiger partial charge in [-0.25, -0.2) is 4.99 Å². The third kappa shape index (κ3) is 2.03. The van der Waals surface area contributed by atoms with Crippen molar-refractivity contribution in [3.63, 3.8) is 0 Å². The molecule has 3 rings (SSSR count). The lowest BCUT2D eigenvalue weighted by Gasteiger charge is -2.04. The number of ether oxygens (including phenoxy) is 1. The van der Waals surface area contributed by atoms with Crippen molar-refractivity contribution >= 4 is 17.2 Å². The summed E-state index contributed by atoms with van der Waals surface area (Å²) >= 11 is 0. The van der Waals surface area contributed by atoms with Crippen LogP contribution in [0.5, 0.6) is 5.75 Å². The summed E-state index contributed by atoms with van der Waals surface area (Å²) in [6, 6.07) is 14.9. The fourth-order valence-electron chi connectivity index (χ4n) is 2.13. The van der Waals surface area contributed by atoms with E-state index in [1.807, 2.05) is 55.5 Å². The molecule has 0 bridgehead atoms. The molecule has 0 aliphatic carbocycles. The zero-order valence-corrected chi connectivity index (χ0v) is 10.6.